The van der Waals surface area contributed by atoms with Gasteiger partial charge in [-0.05, 0) is 46.5 Å². The third-order valence-electron chi connectivity index (χ3n) is 6.04. The van der Waals surface area contributed by atoms with Gasteiger partial charge >= 0.3 is 12.1 Å². The Kier molecular flexibility index (Phi) is 8.15. The van der Waals surface area contributed by atoms with Gasteiger partial charge in [-0.25, -0.2) is 4.79 Å². The van der Waals surface area contributed by atoms with Gasteiger partial charge in [-0.15, -0.1) is 11.3 Å². The van der Waals surface area contributed by atoms with Crippen LogP contribution in [0.3, 0.4) is 0 Å². The fourth-order valence-corrected chi connectivity index (χ4v) is 5.18. The van der Waals surface area contributed by atoms with Crippen molar-refractivity contribution in [2.75, 3.05) is 13.2 Å². The van der Waals surface area contributed by atoms with Gasteiger partial charge in [0.2, 0.25) is 5.91 Å². The molecule has 4 rings (SSSR count). The number of thiophene rings is 1. The van der Waals surface area contributed by atoms with Gasteiger partial charge in [-0.1, -0.05) is 54.6 Å². The standard InChI is InChI=1S/C27H28N2O5S/c30-25(29-23(16-26(31)32)24-12-7-15-35-24)13-5-6-14-28-27(33)34-17-22-20-10-3-1-8-18(20)19-9-2-4-11-21(19)22/h1-4,7-12,15,22-23H,5-6,13-14,16-17H2,(H,28,33)(H,29,30)(H,31,32). The van der Waals surface area contributed by atoms with E-state index in [9.17, 15) is 14.4 Å². The van der Waals surface area contributed by atoms with Gasteiger partial charge in [-0.2, -0.15) is 0 Å². The van der Waals surface area contributed by atoms with Crippen molar-refractivity contribution in [2.45, 2.75) is 37.6 Å². The molecule has 2 amide bonds. The Hall–Kier alpha value is -3.65. The molecule has 182 valence electrons. The lowest BCUT2D eigenvalue weighted by atomic mass is 9.98. The zero-order valence-corrected chi connectivity index (χ0v) is 20.1. The van der Waals surface area contributed by atoms with E-state index in [0.717, 1.165) is 16.0 Å². The van der Waals surface area contributed by atoms with E-state index < -0.39 is 18.1 Å². The number of hydrogen-bond acceptors (Lipinski definition) is 5. The van der Waals surface area contributed by atoms with Gasteiger partial charge < -0.3 is 20.5 Å². The number of nitrogens with one attached hydrogen (secondary N) is 2. The summed E-state index contributed by atoms with van der Waals surface area (Å²) in [6, 6.07) is 19.5. The summed E-state index contributed by atoms with van der Waals surface area (Å²) in [7, 11) is 0. The third-order valence-corrected chi connectivity index (χ3v) is 7.03. The number of carbonyl (C=O) groups excluding carboxylic acids is 2. The molecule has 1 aliphatic carbocycles. The first-order chi connectivity index (χ1) is 17.0. The molecule has 2 aromatic carbocycles. The van der Waals surface area contributed by atoms with Crippen LogP contribution >= 0.6 is 11.3 Å². The van der Waals surface area contributed by atoms with Crippen LogP contribution in [0.1, 0.15) is 53.6 Å². The lowest BCUT2D eigenvalue weighted by Crippen LogP contribution is -2.30. The van der Waals surface area contributed by atoms with Crippen LogP contribution in [0.2, 0.25) is 0 Å². The number of benzene rings is 2. The van der Waals surface area contributed by atoms with Crippen molar-refractivity contribution in [1.82, 2.24) is 10.6 Å². The summed E-state index contributed by atoms with van der Waals surface area (Å²) in [5, 5.41) is 16.5. The van der Waals surface area contributed by atoms with Crippen molar-refractivity contribution in [1.29, 1.82) is 0 Å². The SMILES string of the molecule is O=C(O)CC(NC(=O)CCCCNC(=O)OCC1c2ccccc2-c2ccccc21)c1cccs1. The number of carboxylic acid groups (broad SMARTS) is 1. The molecule has 1 heterocycles. The van der Waals surface area contributed by atoms with E-state index in [0.29, 0.717) is 19.4 Å². The molecular weight excluding hydrogens is 464 g/mol. The molecule has 3 N–H and O–H groups in total. The van der Waals surface area contributed by atoms with Crippen molar-refractivity contribution in [3.63, 3.8) is 0 Å². The second-order valence-electron chi connectivity index (χ2n) is 8.44. The minimum absolute atomic E-state index is 0.0129. The Morgan fingerprint density at radius 2 is 1.63 bits per heavy atom. The number of alkyl carbamates (subject to hydrolysis) is 1. The molecule has 35 heavy (non-hydrogen) atoms. The number of ether oxygens (including phenoxy) is 1. The van der Waals surface area contributed by atoms with E-state index >= 15 is 0 Å². The normalized spacial score (nSPS) is 12.9. The van der Waals surface area contributed by atoms with Crippen LogP contribution in [-0.2, 0) is 14.3 Å². The summed E-state index contributed by atoms with van der Waals surface area (Å²) in [4.78, 5) is 36.4. The molecular formula is C27H28N2O5S. The van der Waals surface area contributed by atoms with E-state index in [2.05, 4.69) is 34.9 Å². The maximum absolute atomic E-state index is 12.3. The topological polar surface area (TPSA) is 105 Å². The monoisotopic (exact) mass is 492 g/mol. The zero-order valence-electron chi connectivity index (χ0n) is 19.2. The molecule has 1 aromatic heterocycles. The Bertz CT molecular complexity index is 1130. The Labute approximate surface area is 208 Å². The highest BCUT2D eigenvalue weighted by atomic mass is 32.1. The fraction of sp³-hybridized carbons (Fsp3) is 0.296. The average molecular weight is 493 g/mol. The molecule has 3 aromatic rings. The summed E-state index contributed by atoms with van der Waals surface area (Å²) >= 11 is 1.42. The molecule has 1 aliphatic rings. The number of carboxylic acids is 1. The van der Waals surface area contributed by atoms with E-state index in [1.807, 2.05) is 41.8 Å². The first-order valence-corrected chi connectivity index (χ1v) is 12.5. The first-order valence-electron chi connectivity index (χ1n) is 11.7. The van der Waals surface area contributed by atoms with E-state index in [1.165, 1.54) is 22.5 Å². The number of hydrogen-bond donors (Lipinski definition) is 3. The molecule has 7 nitrogen and oxygen atoms in total. The van der Waals surface area contributed by atoms with Gasteiger partial charge in [0.25, 0.3) is 0 Å². The summed E-state index contributed by atoms with van der Waals surface area (Å²) in [5.41, 5.74) is 4.69. The lowest BCUT2D eigenvalue weighted by Gasteiger charge is -2.16. The highest BCUT2D eigenvalue weighted by Gasteiger charge is 2.29. The molecule has 0 radical (unpaired) electrons. The van der Waals surface area contributed by atoms with Crippen molar-refractivity contribution in [3.05, 3.63) is 82.0 Å². The van der Waals surface area contributed by atoms with E-state index in [-0.39, 0.29) is 31.3 Å². The second kappa shape index (κ2) is 11.7. The van der Waals surface area contributed by atoms with E-state index in [1.54, 1.807) is 0 Å². The maximum atomic E-state index is 12.3. The molecule has 1 atom stereocenters. The Morgan fingerprint density at radius 3 is 2.26 bits per heavy atom. The van der Waals surface area contributed by atoms with Crippen LogP contribution in [0.5, 0.6) is 0 Å². The molecule has 8 heteroatoms. The Morgan fingerprint density at radius 1 is 0.943 bits per heavy atom. The van der Waals surface area contributed by atoms with Crippen LogP contribution in [0.15, 0.2) is 66.0 Å². The van der Waals surface area contributed by atoms with Crippen molar-refractivity contribution < 1.29 is 24.2 Å². The zero-order chi connectivity index (χ0) is 24.6. The largest absolute Gasteiger partial charge is 0.481 e. The second-order valence-corrected chi connectivity index (χ2v) is 9.42. The Balaban J connectivity index is 1.17. The van der Waals surface area contributed by atoms with Crippen molar-refractivity contribution >= 4 is 29.3 Å². The molecule has 0 saturated carbocycles. The first kappa shape index (κ1) is 24.5. The van der Waals surface area contributed by atoms with Crippen LogP contribution in [0.4, 0.5) is 4.79 Å². The number of carbonyl (C=O) groups is 3. The smallest absolute Gasteiger partial charge is 0.407 e. The minimum atomic E-state index is -0.962. The number of aliphatic carboxylic acids is 1. The highest BCUT2D eigenvalue weighted by Crippen LogP contribution is 2.44. The van der Waals surface area contributed by atoms with Gasteiger partial charge in [0.05, 0.1) is 12.5 Å². The summed E-state index contributed by atoms with van der Waals surface area (Å²) in [5.74, 6) is -1.15. The molecule has 1 unspecified atom stereocenters. The highest BCUT2D eigenvalue weighted by molar-refractivity contribution is 7.10. The minimum Gasteiger partial charge on any atom is -0.481 e. The average Bonchev–Trinajstić information content (AvgIpc) is 3.49. The fourth-order valence-electron chi connectivity index (χ4n) is 4.40. The predicted molar refractivity (Wildman–Crippen MR) is 134 cm³/mol. The molecule has 0 fully saturated rings. The van der Waals surface area contributed by atoms with E-state index in [4.69, 9.17) is 9.84 Å². The number of amides is 2. The van der Waals surface area contributed by atoms with Gasteiger partial charge in [0, 0.05) is 23.8 Å². The van der Waals surface area contributed by atoms with Crippen molar-refractivity contribution in [2.24, 2.45) is 0 Å². The van der Waals surface area contributed by atoms with Crippen LogP contribution in [0, 0.1) is 0 Å². The van der Waals surface area contributed by atoms with Gasteiger partial charge in [-0.3, -0.25) is 9.59 Å². The maximum Gasteiger partial charge on any atom is 0.407 e. The summed E-state index contributed by atoms with van der Waals surface area (Å²) < 4.78 is 5.51. The van der Waals surface area contributed by atoms with Gasteiger partial charge in [0.15, 0.2) is 0 Å². The number of rotatable bonds is 11. The summed E-state index contributed by atoms with van der Waals surface area (Å²) in [6.45, 7) is 0.656. The predicted octanol–water partition coefficient (Wildman–Crippen LogP) is 5.09. The molecule has 0 spiro atoms. The third kappa shape index (κ3) is 6.27. The molecule has 0 aliphatic heterocycles. The van der Waals surface area contributed by atoms with Crippen LogP contribution in [0.25, 0.3) is 11.1 Å². The van der Waals surface area contributed by atoms with Crippen LogP contribution in [-0.4, -0.2) is 36.2 Å². The lowest BCUT2D eigenvalue weighted by molar-refractivity contribution is -0.137. The molecule has 0 saturated heterocycles. The number of fused-ring (bicyclic) bond motifs is 3. The number of unbranched alkanes of at least 4 members (excludes halogenated alkanes) is 1. The molecule has 0 bridgehead atoms. The van der Waals surface area contributed by atoms with Crippen LogP contribution < -0.4 is 10.6 Å². The summed E-state index contributed by atoms with van der Waals surface area (Å²) in [6.07, 6.45) is 0.805. The quantitative estimate of drug-likeness (QED) is 0.324. The van der Waals surface area contributed by atoms with Crippen molar-refractivity contribution in [3.8, 4) is 11.1 Å². The van der Waals surface area contributed by atoms with Gasteiger partial charge in [0.1, 0.15) is 6.61 Å².